The molecule has 0 bridgehead atoms. The summed E-state index contributed by atoms with van der Waals surface area (Å²) >= 11 is 3.48. The second-order valence-electron chi connectivity index (χ2n) is 4.74. The van der Waals surface area contributed by atoms with Gasteiger partial charge in [-0.25, -0.2) is 0 Å². The van der Waals surface area contributed by atoms with Crippen molar-refractivity contribution in [1.29, 1.82) is 0 Å². The number of halogens is 1. The number of benzene rings is 2. The van der Waals surface area contributed by atoms with Gasteiger partial charge in [0.05, 0.1) is 12.6 Å². The van der Waals surface area contributed by atoms with Crippen LogP contribution in [0.25, 0.3) is 0 Å². The highest BCUT2D eigenvalue weighted by molar-refractivity contribution is 9.10. The lowest BCUT2D eigenvalue weighted by atomic mass is 9.96. The van der Waals surface area contributed by atoms with Crippen LogP contribution in [0.3, 0.4) is 0 Å². The van der Waals surface area contributed by atoms with Crippen LogP contribution in [0.2, 0.25) is 0 Å². The normalized spacial score (nSPS) is 14.8. The van der Waals surface area contributed by atoms with E-state index in [9.17, 15) is 0 Å². The van der Waals surface area contributed by atoms with Crippen molar-refractivity contribution >= 4 is 15.9 Å². The molecule has 1 aliphatic heterocycles. The zero-order valence-corrected chi connectivity index (χ0v) is 12.4. The smallest absolute Gasteiger partial charge is 0.122 e. The molecule has 1 atom stereocenters. The first-order valence-corrected chi connectivity index (χ1v) is 7.25. The summed E-state index contributed by atoms with van der Waals surface area (Å²) in [6, 6.07) is 15.2. The number of hydrogen-bond acceptors (Lipinski definition) is 2. The standard InChI is InChI=1S/C16H16BrNO/c1-18-16(11-2-5-14(17)6-3-11)13-4-7-15-12(10-13)8-9-19-15/h2-7,10,16,18H,8-9H2,1H3. The van der Waals surface area contributed by atoms with Gasteiger partial charge in [-0.15, -0.1) is 0 Å². The van der Waals surface area contributed by atoms with Gasteiger partial charge in [-0.3, -0.25) is 0 Å². The summed E-state index contributed by atoms with van der Waals surface area (Å²) < 4.78 is 6.67. The Labute approximate surface area is 121 Å². The molecule has 0 aromatic heterocycles. The fourth-order valence-corrected chi connectivity index (χ4v) is 2.83. The zero-order valence-electron chi connectivity index (χ0n) is 10.8. The Bertz CT molecular complexity index is 580. The average Bonchev–Trinajstić information content (AvgIpc) is 2.89. The summed E-state index contributed by atoms with van der Waals surface area (Å²) in [4.78, 5) is 0. The van der Waals surface area contributed by atoms with E-state index in [0.717, 1.165) is 23.2 Å². The molecule has 0 saturated heterocycles. The maximum Gasteiger partial charge on any atom is 0.122 e. The van der Waals surface area contributed by atoms with E-state index in [2.05, 4.69) is 63.7 Å². The summed E-state index contributed by atoms with van der Waals surface area (Å²) in [6.07, 6.45) is 1.01. The fraction of sp³-hybridized carbons (Fsp3) is 0.250. The highest BCUT2D eigenvalue weighted by Crippen LogP contribution is 2.30. The Morgan fingerprint density at radius 2 is 1.84 bits per heavy atom. The summed E-state index contributed by atoms with van der Waals surface area (Å²) in [5.41, 5.74) is 3.87. The molecule has 0 aliphatic carbocycles. The van der Waals surface area contributed by atoms with E-state index in [1.54, 1.807) is 0 Å². The van der Waals surface area contributed by atoms with Crippen LogP contribution < -0.4 is 10.1 Å². The molecular weight excluding hydrogens is 302 g/mol. The molecule has 0 amide bonds. The topological polar surface area (TPSA) is 21.3 Å². The molecule has 0 spiro atoms. The van der Waals surface area contributed by atoms with E-state index < -0.39 is 0 Å². The van der Waals surface area contributed by atoms with Gasteiger partial charge in [0.15, 0.2) is 0 Å². The molecule has 3 heteroatoms. The predicted molar refractivity (Wildman–Crippen MR) is 80.7 cm³/mol. The minimum atomic E-state index is 0.221. The van der Waals surface area contributed by atoms with E-state index >= 15 is 0 Å². The van der Waals surface area contributed by atoms with Crippen LogP contribution in [0.1, 0.15) is 22.7 Å². The summed E-state index contributed by atoms with van der Waals surface area (Å²) in [6.45, 7) is 0.807. The fourth-order valence-electron chi connectivity index (χ4n) is 2.57. The number of ether oxygens (including phenoxy) is 1. The van der Waals surface area contributed by atoms with Gasteiger partial charge in [-0.2, -0.15) is 0 Å². The summed E-state index contributed by atoms with van der Waals surface area (Å²) in [5, 5.41) is 3.39. The van der Waals surface area contributed by atoms with E-state index in [0.29, 0.717) is 0 Å². The molecule has 2 aromatic carbocycles. The van der Waals surface area contributed by atoms with Gasteiger partial charge in [0.25, 0.3) is 0 Å². The third kappa shape index (κ3) is 2.53. The molecule has 0 fully saturated rings. The van der Waals surface area contributed by atoms with Gasteiger partial charge in [0.2, 0.25) is 0 Å². The molecular formula is C16H16BrNO. The Kier molecular flexibility index (Phi) is 3.58. The third-order valence-corrected chi connectivity index (χ3v) is 4.07. The molecule has 3 rings (SSSR count). The molecule has 1 heterocycles. The summed E-state index contributed by atoms with van der Waals surface area (Å²) in [7, 11) is 2.00. The van der Waals surface area contributed by atoms with E-state index in [1.807, 2.05) is 7.05 Å². The SMILES string of the molecule is CNC(c1ccc(Br)cc1)c1ccc2c(c1)CCO2. The number of rotatable bonds is 3. The van der Waals surface area contributed by atoms with Gasteiger partial charge >= 0.3 is 0 Å². The highest BCUT2D eigenvalue weighted by Gasteiger charge is 2.17. The minimum absolute atomic E-state index is 0.221. The van der Waals surface area contributed by atoms with Crippen molar-refractivity contribution in [2.45, 2.75) is 12.5 Å². The average molecular weight is 318 g/mol. The second-order valence-corrected chi connectivity index (χ2v) is 5.65. The number of hydrogen-bond donors (Lipinski definition) is 1. The van der Waals surface area contributed by atoms with Crippen LogP contribution in [0.5, 0.6) is 5.75 Å². The highest BCUT2D eigenvalue weighted by atomic mass is 79.9. The van der Waals surface area contributed by atoms with Gasteiger partial charge in [-0.05, 0) is 41.9 Å². The maximum absolute atomic E-state index is 5.56. The van der Waals surface area contributed by atoms with E-state index in [1.165, 1.54) is 16.7 Å². The molecule has 19 heavy (non-hydrogen) atoms. The van der Waals surface area contributed by atoms with Crippen LogP contribution in [-0.4, -0.2) is 13.7 Å². The number of fused-ring (bicyclic) bond motifs is 1. The first-order chi connectivity index (χ1) is 9.28. The van der Waals surface area contributed by atoms with Crippen molar-refractivity contribution in [3.05, 3.63) is 63.6 Å². The lowest BCUT2D eigenvalue weighted by Crippen LogP contribution is -2.17. The molecule has 1 N–H and O–H groups in total. The van der Waals surface area contributed by atoms with E-state index in [4.69, 9.17) is 4.74 Å². The lowest BCUT2D eigenvalue weighted by Gasteiger charge is -2.18. The third-order valence-electron chi connectivity index (χ3n) is 3.54. The van der Waals surface area contributed by atoms with Crippen molar-refractivity contribution < 1.29 is 4.74 Å². The zero-order chi connectivity index (χ0) is 13.2. The molecule has 2 aromatic rings. The minimum Gasteiger partial charge on any atom is -0.493 e. The second kappa shape index (κ2) is 5.35. The van der Waals surface area contributed by atoms with Gasteiger partial charge in [0, 0.05) is 10.9 Å². The van der Waals surface area contributed by atoms with E-state index in [-0.39, 0.29) is 6.04 Å². The van der Waals surface area contributed by atoms with Crippen LogP contribution in [-0.2, 0) is 6.42 Å². The lowest BCUT2D eigenvalue weighted by molar-refractivity contribution is 0.357. The van der Waals surface area contributed by atoms with Crippen molar-refractivity contribution in [1.82, 2.24) is 5.32 Å². The van der Waals surface area contributed by atoms with Gasteiger partial charge < -0.3 is 10.1 Å². The van der Waals surface area contributed by atoms with Crippen LogP contribution >= 0.6 is 15.9 Å². The van der Waals surface area contributed by atoms with Crippen molar-refractivity contribution in [3.63, 3.8) is 0 Å². The Balaban J connectivity index is 1.96. The van der Waals surface area contributed by atoms with Gasteiger partial charge in [-0.1, -0.05) is 40.2 Å². The number of nitrogens with one attached hydrogen (secondary N) is 1. The van der Waals surface area contributed by atoms with Crippen LogP contribution in [0.4, 0.5) is 0 Å². The molecule has 0 saturated carbocycles. The molecule has 2 nitrogen and oxygen atoms in total. The quantitative estimate of drug-likeness (QED) is 0.932. The van der Waals surface area contributed by atoms with Crippen molar-refractivity contribution in [3.8, 4) is 5.75 Å². The maximum atomic E-state index is 5.56. The molecule has 1 aliphatic rings. The van der Waals surface area contributed by atoms with Gasteiger partial charge in [0.1, 0.15) is 5.75 Å². The molecule has 98 valence electrons. The Morgan fingerprint density at radius 3 is 2.58 bits per heavy atom. The Morgan fingerprint density at radius 1 is 1.11 bits per heavy atom. The van der Waals surface area contributed by atoms with Crippen LogP contribution in [0.15, 0.2) is 46.9 Å². The monoisotopic (exact) mass is 317 g/mol. The first kappa shape index (κ1) is 12.7. The predicted octanol–water partition coefficient (Wildman–Crippen LogP) is 3.69. The van der Waals surface area contributed by atoms with Crippen molar-refractivity contribution in [2.75, 3.05) is 13.7 Å². The molecule has 1 unspecified atom stereocenters. The molecule has 0 radical (unpaired) electrons. The Hall–Kier alpha value is -1.32. The largest absolute Gasteiger partial charge is 0.493 e. The summed E-state index contributed by atoms with van der Waals surface area (Å²) in [5.74, 6) is 1.04. The van der Waals surface area contributed by atoms with Crippen molar-refractivity contribution in [2.24, 2.45) is 0 Å². The van der Waals surface area contributed by atoms with Crippen LogP contribution in [0, 0.1) is 0 Å². The first-order valence-electron chi connectivity index (χ1n) is 6.46.